The molecule has 3 nitrogen and oxygen atoms in total. The van der Waals surface area contributed by atoms with Crippen LogP contribution in [0.3, 0.4) is 0 Å². The van der Waals surface area contributed by atoms with Gasteiger partial charge in [0, 0.05) is 12.7 Å². The van der Waals surface area contributed by atoms with Crippen LogP contribution in [0.2, 0.25) is 0 Å². The maximum absolute atomic E-state index is 5.46. The molecular weight excluding hydrogens is 138 g/mol. The topological polar surface area (TPSA) is 53.8 Å². The first-order valence-electron chi connectivity index (χ1n) is 3.90. The number of hydrogen-bond acceptors (Lipinski definition) is 2. The highest BCUT2D eigenvalue weighted by Crippen LogP contribution is 2.01. The Kier molecular flexibility index (Phi) is 2.98. The highest BCUT2D eigenvalue weighted by Gasteiger charge is 1.97. The zero-order valence-corrected chi connectivity index (χ0v) is 6.80. The number of nitrogens with one attached hydrogen (secondary N) is 2. The Labute approximate surface area is 67.0 Å². The largest absolute Gasteiger partial charge is 0.371 e. The van der Waals surface area contributed by atoms with Crippen LogP contribution in [-0.2, 0) is 0 Å². The van der Waals surface area contributed by atoms with E-state index in [9.17, 15) is 0 Å². The molecule has 1 atom stereocenters. The summed E-state index contributed by atoms with van der Waals surface area (Å²) in [6.07, 6.45) is 1.90. The fourth-order valence-corrected chi connectivity index (χ4v) is 0.808. The monoisotopic (exact) mass is 153 g/mol. The Balaban J connectivity index is 2.23. The predicted octanol–water partition coefficient (Wildman–Crippen LogP) is 1.02. The number of H-pyrrole nitrogens is 1. The maximum Gasteiger partial charge on any atom is 0.103 e. The van der Waals surface area contributed by atoms with Crippen LogP contribution in [0.4, 0.5) is 5.82 Å². The SMILES string of the molecule is CC(CN)CNc1ccc[nH]1. The fourth-order valence-electron chi connectivity index (χ4n) is 0.808. The molecule has 62 valence electrons. The van der Waals surface area contributed by atoms with Crippen LogP contribution in [0.15, 0.2) is 18.3 Å². The Hall–Kier alpha value is -0.960. The summed E-state index contributed by atoms with van der Waals surface area (Å²) >= 11 is 0. The summed E-state index contributed by atoms with van der Waals surface area (Å²) in [5, 5.41) is 3.24. The molecule has 0 aliphatic carbocycles. The van der Waals surface area contributed by atoms with Gasteiger partial charge >= 0.3 is 0 Å². The normalized spacial score (nSPS) is 12.9. The smallest absolute Gasteiger partial charge is 0.103 e. The van der Waals surface area contributed by atoms with Crippen LogP contribution in [0.1, 0.15) is 6.92 Å². The van der Waals surface area contributed by atoms with E-state index in [-0.39, 0.29) is 0 Å². The first-order chi connectivity index (χ1) is 5.33. The third-order valence-corrected chi connectivity index (χ3v) is 1.64. The lowest BCUT2D eigenvalue weighted by atomic mass is 10.2. The molecule has 1 aromatic rings. The van der Waals surface area contributed by atoms with Crippen molar-refractivity contribution in [1.82, 2.24) is 4.98 Å². The third kappa shape index (κ3) is 2.63. The second-order valence-electron chi connectivity index (χ2n) is 2.81. The van der Waals surface area contributed by atoms with Crippen LogP contribution >= 0.6 is 0 Å². The van der Waals surface area contributed by atoms with Crippen molar-refractivity contribution in [2.24, 2.45) is 11.7 Å². The standard InChI is InChI=1S/C8H15N3/c1-7(5-9)6-11-8-3-2-4-10-8/h2-4,7,10-11H,5-6,9H2,1H3. The summed E-state index contributed by atoms with van der Waals surface area (Å²) in [5.41, 5.74) is 5.46. The molecule has 1 aromatic heterocycles. The Morgan fingerprint density at radius 3 is 3.09 bits per heavy atom. The van der Waals surface area contributed by atoms with Crippen molar-refractivity contribution in [3.63, 3.8) is 0 Å². The van der Waals surface area contributed by atoms with E-state index < -0.39 is 0 Å². The van der Waals surface area contributed by atoms with Crippen molar-refractivity contribution >= 4 is 5.82 Å². The average molecular weight is 153 g/mol. The minimum Gasteiger partial charge on any atom is -0.371 e. The van der Waals surface area contributed by atoms with Gasteiger partial charge in [-0.05, 0) is 24.6 Å². The molecule has 4 N–H and O–H groups in total. The van der Waals surface area contributed by atoms with E-state index >= 15 is 0 Å². The quantitative estimate of drug-likeness (QED) is 0.605. The Morgan fingerprint density at radius 2 is 2.55 bits per heavy atom. The summed E-state index contributed by atoms with van der Waals surface area (Å²) in [6.45, 7) is 3.78. The zero-order chi connectivity index (χ0) is 8.10. The number of anilines is 1. The summed E-state index contributed by atoms with van der Waals surface area (Å²) in [6, 6.07) is 3.97. The van der Waals surface area contributed by atoms with Gasteiger partial charge in [0.1, 0.15) is 5.82 Å². The Morgan fingerprint density at radius 1 is 1.73 bits per heavy atom. The first-order valence-corrected chi connectivity index (χ1v) is 3.90. The highest BCUT2D eigenvalue weighted by molar-refractivity contribution is 5.33. The molecule has 0 aromatic carbocycles. The van der Waals surface area contributed by atoms with Crippen LogP contribution in [0.25, 0.3) is 0 Å². The van der Waals surface area contributed by atoms with Gasteiger partial charge in [0.15, 0.2) is 0 Å². The van der Waals surface area contributed by atoms with Gasteiger partial charge in [0.05, 0.1) is 0 Å². The van der Waals surface area contributed by atoms with Crippen molar-refractivity contribution in [1.29, 1.82) is 0 Å². The lowest BCUT2D eigenvalue weighted by Gasteiger charge is -2.08. The minimum atomic E-state index is 0.526. The van der Waals surface area contributed by atoms with E-state index in [1.165, 1.54) is 0 Å². The zero-order valence-electron chi connectivity index (χ0n) is 6.80. The summed E-state index contributed by atoms with van der Waals surface area (Å²) in [4.78, 5) is 3.06. The van der Waals surface area contributed by atoms with Crippen LogP contribution in [-0.4, -0.2) is 18.1 Å². The maximum atomic E-state index is 5.46. The molecule has 1 rings (SSSR count). The van der Waals surface area contributed by atoms with Gasteiger partial charge in [-0.3, -0.25) is 0 Å². The molecule has 3 heteroatoms. The van der Waals surface area contributed by atoms with Gasteiger partial charge in [-0.25, -0.2) is 0 Å². The van der Waals surface area contributed by atoms with Crippen molar-refractivity contribution in [3.8, 4) is 0 Å². The first kappa shape index (κ1) is 8.14. The molecule has 0 saturated heterocycles. The van der Waals surface area contributed by atoms with Crippen molar-refractivity contribution in [3.05, 3.63) is 18.3 Å². The van der Waals surface area contributed by atoms with Crippen LogP contribution in [0.5, 0.6) is 0 Å². The van der Waals surface area contributed by atoms with Crippen LogP contribution in [0, 0.1) is 5.92 Å². The lowest BCUT2D eigenvalue weighted by molar-refractivity contribution is 0.627. The average Bonchev–Trinajstić information content (AvgIpc) is 2.52. The second kappa shape index (κ2) is 4.03. The molecule has 0 amide bonds. The molecule has 0 spiro atoms. The second-order valence-corrected chi connectivity index (χ2v) is 2.81. The van der Waals surface area contributed by atoms with E-state index in [1.54, 1.807) is 0 Å². The van der Waals surface area contributed by atoms with E-state index in [0.29, 0.717) is 5.92 Å². The van der Waals surface area contributed by atoms with E-state index in [4.69, 9.17) is 5.73 Å². The van der Waals surface area contributed by atoms with E-state index in [1.807, 2.05) is 18.3 Å². The van der Waals surface area contributed by atoms with Gasteiger partial charge in [0.2, 0.25) is 0 Å². The molecule has 1 heterocycles. The number of aromatic nitrogens is 1. The summed E-state index contributed by atoms with van der Waals surface area (Å²) in [7, 11) is 0. The molecule has 11 heavy (non-hydrogen) atoms. The van der Waals surface area contributed by atoms with Gasteiger partial charge in [-0.2, -0.15) is 0 Å². The molecule has 0 radical (unpaired) electrons. The molecule has 0 fully saturated rings. The number of rotatable bonds is 4. The third-order valence-electron chi connectivity index (χ3n) is 1.64. The van der Waals surface area contributed by atoms with E-state index in [2.05, 4.69) is 17.2 Å². The molecular formula is C8H15N3. The van der Waals surface area contributed by atoms with E-state index in [0.717, 1.165) is 18.9 Å². The molecule has 1 unspecified atom stereocenters. The fraction of sp³-hybridized carbons (Fsp3) is 0.500. The van der Waals surface area contributed by atoms with Gasteiger partial charge in [0.25, 0.3) is 0 Å². The van der Waals surface area contributed by atoms with Crippen molar-refractivity contribution in [2.75, 3.05) is 18.4 Å². The molecule has 0 bridgehead atoms. The van der Waals surface area contributed by atoms with Gasteiger partial charge < -0.3 is 16.0 Å². The predicted molar refractivity (Wildman–Crippen MR) is 47.5 cm³/mol. The van der Waals surface area contributed by atoms with Crippen molar-refractivity contribution < 1.29 is 0 Å². The molecule has 0 aliphatic heterocycles. The van der Waals surface area contributed by atoms with Gasteiger partial charge in [-0.1, -0.05) is 6.92 Å². The molecule has 0 saturated carbocycles. The highest BCUT2D eigenvalue weighted by atomic mass is 15.0. The number of nitrogens with two attached hydrogens (primary N) is 1. The van der Waals surface area contributed by atoms with Gasteiger partial charge in [-0.15, -0.1) is 0 Å². The Bertz CT molecular complexity index is 181. The number of aromatic amines is 1. The van der Waals surface area contributed by atoms with Crippen molar-refractivity contribution in [2.45, 2.75) is 6.92 Å². The lowest BCUT2D eigenvalue weighted by Crippen LogP contribution is -2.19. The number of hydrogen-bond donors (Lipinski definition) is 3. The molecule has 0 aliphatic rings. The van der Waals surface area contributed by atoms with Crippen LogP contribution < -0.4 is 11.1 Å². The summed E-state index contributed by atoms with van der Waals surface area (Å²) in [5.74, 6) is 1.59. The minimum absolute atomic E-state index is 0.526. The summed E-state index contributed by atoms with van der Waals surface area (Å²) < 4.78 is 0.